The zero-order valence-electron chi connectivity index (χ0n) is 22.8. The van der Waals surface area contributed by atoms with E-state index < -0.39 is 6.04 Å². The normalized spacial score (nSPS) is 15.2. The van der Waals surface area contributed by atoms with Crippen LogP contribution in [0, 0.1) is 19.8 Å². The van der Waals surface area contributed by atoms with Crippen molar-refractivity contribution in [3.8, 4) is 11.5 Å². The molecule has 0 saturated carbocycles. The first-order valence-electron chi connectivity index (χ1n) is 12.9. The van der Waals surface area contributed by atoms with Crippen LogP contribution in [0.2, 0.25) is 0 Å². The lowest BCUT2D eigenvalue weighted by Crippen LogP contribution is -2.31. The van der Waals surface area contributed by atoms with Gasteiger partial charge in [-0.25, -0.2) is 0 Å². The van der Waals surface area contributed by atoms with Crippen molar-refractivity contribution in [2.45, 2.75) is 60.1 Å². The summed E-state index contributed by atoms with van der Waals surface area (Å²) in [5.41, 5.74) is 3.37. The number of methoxy groups -OCH3 is 1. The number of amides is 1. The molecular formula is C30H37NO6. The first kappa shape index (κ1) is 26.7. The van der Waals surface area contributed by atoms with Crippen LogP contribution >= 0.6 is 0 Å². The zero-order valence-corrected chi connectivity index (χ0v) is 22.8. The Hall–Kier alpha value is -3.32. The molecule has 0 bridgehead atoms. The van der Waals surface area contributed by atoms with E-state index in [0.29, 0.717) is 60.1 Å². The van der Waals surface area contributed by atoms with Gasteiger partial charge < -0.3 is 23.5 Å². The van der Waals surface area contributed by atoms with Gasteiger partial charge >= 0.3 is 0 Å². The van der Waals surface area contributed by atoms with E-state index in [0.717, 1.165) is 16.7 Å². The van der Waals surface area contributed by atoms with Crippen molar-refractivity contribution in [1.82, 2.24) is 4.90 Å². The van der Waals surface area contributed by atoms with Crippen LogP contribution in [0.4, 0.5) is 0 Å². The predicted molar refractivity (Wildman–Crippen MR) is 144 cm³/mol. The Morgan fingerprint density at radius 1 is 1.00 bits per heavy atom. The summed E-state index contributed by atoms with van der Waals surface area (Å²) >= 11 is 0. The van der Waals surface area contributed by atoms with Crippen molar-refractivity contribution < 1.29 is 23.4 Å². The van der Waals surface area contributed by atoms with Crippen molar-refractivity contribution in [2.75, 3.05) is 26.9 Å². The van der Waals surface area contributed by atoms with Gasteiger partial charge in [0.15, 0.2) is 16.9 Å². The molecule has 0 saturated heterocycles. The quantitative estimate of drug-likeness (QED) is 0.322. The number of benzene rings is 2. The predicted octanol–water partition coefficient (Wildman–Crippen LogP) is 5.81. The molecule has 0 fully saturated rings. The molecule has 2 heterocycles. The zero-order chi connectivity index (χ0) is 26.9. The second-order valence-electron chi connectivity index (χ2n) is 10.4. The number of fused-ring (bicyclic) bond motifs is 2. The van der Waals surface area contributed by atoms with E-state index in [4.69, 9.17) is 18.6 Å². The van der Waals surface area contributed by atoms with Crippen molar-refractivity contribution in [3.63, 3.8) is 0 Å². The molecule has 4 rings (SSSR count). The molecule has 3 aromatic rings. The topological polar surface area (TPSA) is 78.2 Å². The van der Waals surface area contributed by atoms with Crippen LogP contribution in [0.15, 0.2) is 39.5 Å². The Bertz CT molecular complexity index is 1360. The maximum Gasteiger partial charge on any atom is 0.290 e. The molecule has 0 radical (unpaired) electrons. The lowest BCUT2D eigenvalue weighted by Gasteiger charge is -2.26. The van der Waals surface area contributed by atoms with E-state index >= 15 is 0 Å². The smallest absolute Gasteiger partial charge is 0.290 e. The number of ether oxygens (including phenoxy) is 3. The summed E-state index contributed by atoms with van der Waals surface area (Å²) in [4.78, 5) is 29.2. The number of hydrogen-bond donors (Lipinski definition) is 0. The highest BCUT2D eigenvalue weighted by Crippen LogP contribution is 2.41. The summed E-state index contributed by atoms with van der Waals surface area (Å²) in [5.74, 6) is 1.35. The third-order valence-corrected chi connectivity index (χ3v) is 6.65. The van der Waals surface area contributed by atoms with E-state index in [-0.39, 0.29) is 23.2 Å². The van der Waals surface area contributed by atoms with Gasteiger partial charge in [0, 0.05) is 13.2 Å². The Kier molecular flexibility index (Phi) is 7.93. The summed E-state index contributed by atoms with van der Waals surface area (Å²) in [6.45, 7) is 13.5. The van der Waals surface area contributed by atoms with Crippen LogP contribution in [0.25, 0.3) is 11.0 Å². The highest BCUT2D eigenvalue weighted by molar-refractivity contribution is 5.99. The summed E-state index contributed by atoms with van der Waals surface area (Å²) in [5, 5.41) is 0.480. The van der Waals surface area contributed by atoms with Crippen LogP contribution in [0.5, 0.6) is 11.5 Å². The molecule has 1 aliphatic rings. The third-order valence-electron chi connectivity index (χ3n) is 6.65. The van der Waals surface area contributed by atoms with Gasteiger partial charge in [-0.3, -0.25) is 9.59 Å². The summed E-state index contributed by atoms with van der Waals surface area (Å²) < 4.78 is 23.4. The van der Waals surface area contributed by atoms with Gasteiger partial charge in [-0.15, -0.1) is 0 Å². The lowest BCUT2D eigenvalue weighted by atomic mass is 9.97. The average molecular weight is 508 g/mol. The average Bonchev–Trinajstić information content (AvgIpc) is 3.13. The molecule has 1 amide bonds. The third kappa shape index (κ3) is 5.37. The maximum atomic E-state index is 13.9. The van der Waals surface area contributed by atoms with Gasteiger partial charge in [0.05, 0.1) is 36.8 Å². The fourth-order valence-electron chi connectivity index (χ4n) is 4.64. The number of nitrogens with zero attached hydrogens (tertiary/aromatic N) is 1. The number of aryl methyl sites for hydroxylation is 2. The second kappa shape index (κ2) is 11.0. The minimum atomic E-state index is -0.600. The van der Waals surface area contributed by atoms with E-state index in [2.05, 4.69) is 13.8 Å². The fourth-order valence-corrected chi connectivity index (χ4v) is 4.64. The molecule has 1 atom stereocenters. The minimum absolute atomic E-state index is 0.102. The fraction of sp³-hybridized carbons (Fsp3) is 0.467. The summed E-state index contributed by atoms with van der Waals surface area (Å²) in [7, 11) is 1.59. The molecule has 0 N–H and O–H groups in total. The van der Waals surface area contributed by atoms with Gasteiger partial charge in [-0.05, 0) is 81.0 Å². The Morgan fingerprint density at radius 2 is 1.73 bits per heavy atom. The highest BCUT2D eigenvalue weighted by atomic mass is 16.5. The Balaban J connectivity index is 1.82. The number of carbonyl (C=O) groups excluding carboxylic acids is 1. The van der Waals surface area contributed by atoms with Crippen molar-refractivity contribution >= 4 is 16.9 Å². The van der Waals surface area contributed by atoms with Crippen molar-refractivity contribution in [3.05, 3.63) is 68.6 Å². The molecule has 198 valence electrons. The van der Waals surface area contributed by atoms with Gasteiger partial charge in [0.2, 0.25) is 5.76 Å². The largest absolute Gasteiger partial charge is 0.493 e. The Morgan fingerprint density at radius 3 is 2.41 bits per heavy atom. The molecule has 1 aliphatic heterocycles. The standard InChI is InChI=1S/C30H37NO6/c1-17(2)16-36-23-10-9-21(15-25(23)34-7)27-26-28(32)22-13-19(5)20(6)14-24(22)37-29(26)30(33)31(27)11-8-12-35-18(3)4/h9-10,13-15,17-18,27H,8,11-12,16H2,1-7H3. The van der Waals surface area contributed by atoms with Crippen LogP contribution in [-0.2, 0) is 4.74 Å². The van der Waals surface area contributed by atoms with Gasteiger partial charge in [0.1, 0.15) is 5.58 Å². The molecule has 37 heavy (non-hydrogen) atoms. The molecule has 2 aromatic carbocycles. The molecule has 1 unspecified atom stereocenters. The maximum absolute atomic E-state index is 13.9. The number of carbonyl (C=O) groups is 1. The first-order valence-corrected chi connectivity index (χ1v) is 12.9. The van der Waals surface area contributed by atoms with Crippen LogP contribution < -0.4 is 14.9 Å². The second-order valence-corrected chi connectivity index (χ2v) is 10.4. The minimum Gasteiger partial charge on any atom is -0.493 e. The van der Waals surface area contributed by atoms with Crippen LogP contribution in [-0.4, -0.2) is 43.8 Å². The van der Waals surface area contributed by atoms with Crippen molar-refractivity contribution in [1.29, 1.82) is 0 Å². The number of hydrogen-bond acceptors (Lipinski definition) is 6. The Labute approximate surface area is 218 Å². The molecule has 7 heteroatoms. The van der Waals surface area contributed by atoms with Crippen LogP contribution in [0.3, 0.4) is 0 Å². The molecular weight excluding hydrogens is 470 g/mol. The van der Waals surface area contributed by atoms with E-state index in [9.17, 15) is 9.59 Å². The van der Waals surface area contributed by atoms with Gasteiger partial charge in [0.25, 0.3) is 5.91 Å². The van der Waals surface area contributed by atoms with Gasteiger partial charge in [-0.1, -0.05) is 19.9 Å². The monoisotopic (exact) mass is 507 g/mol. The van der Waals surface area contributed by atoms with E-state index in [1.807, 2.05) is 58.0 Å². The van der Waals surface area contributed by atoms with Gasteiger partial charge in [-0.2, -0.15) is 0 Å². The highest BCUT2D eigenvalue weighted by Gasteiger charge is 2.42. The SMILES string of the molecule is COc1cc(C2c3c(oc4cc(C)c(C)cc4c3=O)C(=O)N2CCCOC(C)C)ccc1OCC(C)C. The van der Waals surface area contributed by atoms with Crippen LogP contribution in [0.1, 0.15) is 73.0 Å². The summed E-state index contributed by atoms with van der Waals surface area (Å²) in [6.07, 6.45) is 0.734. The molecule has 0 aliphatic carbocycles. The molecule has 7 nitrogen and oxygen atoms in total. The van der Waals surface area contributed by atoms with E-state index in [1.54, 1.807) is 12.0 Å². The van der Waals surface area contributed by atoms with Crippen molar-refractivity contribution in [2.24, 2.45) is 5.92 Å². The van der Waals surface area contributed by atoms with E-state index in [1.165, 1.54) is 0 Å². The first-order chi connectivity index (χ1) is 17.6. The molecule has 1 aromatic heterocycles. The molecule has 0 spiro atoms. The number of rotatable bonds is 10. The lowest BCUT2D eigenvalue weighted by molar-refractivity contribution is 0.0593. The summed E-state index contributed by atoms with van der Waals surface area (Å²) in [6, 6.07) is 8.67.